The molecule has 1 saturated heterocycles. The standard InChI is InChI=1S/C17H17BrN4O3S/c1-17(2,3)25-16(24)22-8-11(18)14-10(5-4-6-12(14)22)7-19-21-15-20-13(23)9-26-15/h4-8H,9H2,1-3H3,(H,20,21,23). The molecule has 0 aliphatic carbocycles. The van der Waals surface area contributed by atoms with E-state index in [0.717, 1.165) is 15.4 Å². The van der Waals surface area contributed by atoms with E-state index in [4.69, 9.17) is 4.74 Å². The van der Waals surface area contributed by atoms with Crippen LogP contribution in [0.1, 0.15) is 26.3 Å². The summed E-state index contributed by atoms with van der Waals surface area (Å²) in [6.07, 6.45) is 2.81. The first-order valence-electron chi connectivity index (χ1n) is 7.81. The molecule has 1 aliphatic rings. The number of halogens is 1. The molecule has 0 unspecified atom stereocenters. The van der Waals surface area contributed by atoms with E-state index < -0.39 is 11.7 Å². The lowest BCUT2D eigenvalue weighted by Crippen LogP contribution is -2.26. The Morgan fingerprint density at radius 1 is 1.42 bits per heavy atom. The molecule has 1 aromatic carbocycles. The number of fused-ring (bicyclic) bond motifs is 1. The fourth-order valence-corrected chi connectivity index (χ4v) is 3.63. The third-order valence-corrected chi connectivity index (χ3v) is 4.80. The number of hydrogen-bond acceptors (Lipinski definition) is 6. The van der Waals surface area contributed by atoms with Gasteiger partial charge in [-0.25, -0.2) is 4.79 Å². The highest BCUT2D eigenvalue weighted by Crippen LogP contribution is 2.29. The Morgan fingerprint density at radius 3 is 2.85 bits per heavy atom. The summed E-state index contributed by atoms with van der Waals surface area (Å²) in [7, 11) is 0. The summed E-state index contributed by atoms with van der Waals surface area (Å²) in [5, 5.41) is 12.0. The van der Waals surface area contributed by atoms with Gasteiger partial charge in [-0.1, -0.05) is 23.9 Å². The number of nitrogens with zero attached hydrogens (tertiary/aromatic N) is 3. The number of thioether (sulfide) groups is 1. The summed E-state index contributed by atoms with van der Waals surface area (Å²) in [6, 6.07) is 5.53. The van der Waals surface area contributed by atoms with Crippen LogP contribution in [0.25, 0.3) is 10.9 Å². The number of rotatable bonds is 2. The van der Waals surface area contributed by atoms with Crippen LogP contribution in [0.2, 0.25) is 0 Å². The predicted molar refractivity (Wildman–Crippen MR) is 107 cm³/mol. The zero-order chi connectivity index (χ0) is 18.9. The first kappa shape index (κ1) is 18.7. The summed E-state index contributed by atoms with van der Waals surface area (Å²) in [6.45, 7) is 5.47. The number of nitrogens with one attached hydrogen (secondary N) is 1. The van der Waals surface area contributed by atoms with Crippen LogP contribution in [-0.2, 0) is 9.53 Å². The molecule has 0 radical (unpaired) electrons. The maximum atomic E-state index is 12.4. The first-order valence-corrected chi connectivity index (χ1v) is 9.59. The molecular formula is C17H17BrN4O3S. The van der Waals surface area contributed by atoms with Gasteiger partial charge in [-0.15, -0.1) is 5.10 Å². The van der Waals surface area contributed by atoms with Crippen LogP contribution in [0.4, 0.5) is 4.79 Å². The summed E-state index contributed by atoms with van der Waals surface area (Å²) in [5.41, 5.74) is 0.903. The highest BCUT2D eigenvalue weighted by Gasteiger charge is 2.21. The normalized spacial score (nSPS) is 16.6. The fourth-order valence-electron chi connectivity index (χ4n) is 2.36. The second-order valence-electron chi connectivity index (χ2n) is 6.56. The number of hydrogen-bond donors (Lipinski definition) is 1. The zero-order valence-corrected chi connectivity index (χ0v) is 16.8. The van der Waals surface area contributed by atoms with E-state index in [1.54, 1.807) is 12.4 Å². The van der Waals surface area contributed by atoms with E-state index in [9.17, 15) is 9.59 Å². The highest BCUT2D eigenvalue weighted by atomic mass is 79.9. The third-order valence-electron chi connectivity index (χ3n) is 3.34. The number of carbonyl (C=O) groups is 2. The molecular weight excluding hydrogens is 420 g/mol. The molecule has 1 fully saturated rings. The van der Waals surface area contributed by atoms with Gasteiger partial charge in [0.05, 0.1) is 17.5 Å². The largest absolute Gasteiger partial charge is 0.443 e. The van der Waals surface area contributed by atoms with Gasteiger partial charge in [0.1, 0.15) is 5.60 Å². The van der Waals surface area contributed by atoms with Crippen LogP contribution in [-0.4, -0.2) is 39.3 Å². The minimum Gasteiger partial charge on any atom is -0.443 e. The third kappa shape index (κ3) is 4.16. The molecule has 0 saturated carbocycles. The average Bonchev–Trinajstić information content (AvgIpc) is 3.10. The van der Waals surface area contributed by atoms with E-state index >= 15 is 0 Å². The number of amides is 1. The quantitative estimate of drug-likeness (QED) is 0.573. The fraction of sp³-hybridized carbons (Fsp3) is 0.294. The number of amidine groups is 1. The predicted octanol–water partition coefficient (Wildman–Crippen LogP) is 3.74. The Kier molecular flexibility index (Phi) is 5.19. The van der Waals surface area contributed by atoms with Gasteiger partial charge in [0.15, 0.2) is 5.17 Å². The summed E-state index contributed by atoms with van der Waals surface area (Å²) < 4.78 is 7.65. The minimum absolute atomic E-state index is 0.0803. The van der Waals surface area contributed by atoms with Gasteiger partial charge in [0.2, 0.25) is 5.91 Å². The Bertz CT molecular complexity index is 943. The number of ether oxygens (including phenoxy) is 1. The summed E-state index contributed by atoms with van der Waals surface area (Å²) >= 11 is 4.80. The lowest BCUT2D eigenvalue weighted by Gasteiger charge is -2.19. The van der Waals surface area contributed by atoms with Crippen LogP contribution in [0, 0.1) is 0 Å². The van der Waals surface area contributed by atoms with Gasteiger partial charge in [-0.3, -0.25) is 9.36 Å². The molecule has 9 heteroatoms. The minimum atomic E-state index is -0.585. The molecule has 2 heterocycles. The van der Waals surface area contributed by atoms with Gasteiger partial charge in [-0.2, -0.15) is 5.10 Å². The summed E-state index contributed by atoms with van der Waals surface area (Å²) in [4.78, 5) is 23.6. The molecule has 0 spiro atoms. The number of carbonyl (C=O) groups excluding carboxylic acids is 2. The molecule has 7 nitrogen and oxygen atoms in total. The van der Waals surface area contributed by atoms with Crippen LogP contribution in [0.5, 0.6) is 0 Å². The van der Waals surface area contributed by atoms with Crippen LogP contribution in [0.15, 0.2) is 39.1 Å². The van der Waals surface area contributed by atoms with E-state index in [1.165, 1.54) is 16.3 Å². The van der Waals surface area contributed by atoms with E-state index in [2.05, 4.69) is 31.4 Å². The summed E-state index contributed by atoms with van der Waals surface area (Å²) in [5.74, 6) is 0.275. The number of benzene rings is 1. The second kappa shape index (κ2) is 7.24. The molecule has 0 atom stereocenters. The molecule has 0 bridgehead atoms. The van der Waals surface area contributed by atoms with Gasteiger partial charge in [0, 0.05) is 21.6 Å². The van der Waals surface area contributed by atoms with Gasteiger partial charge < -0.3 is 10.1 Å². The van der Waals surface area contributed by atoms with Crippen molar-refractivity contribution in [3.05, 3.63) is 34.4 Å². The van der Waals surface area contributed by atoms with Gasteiger partial charge >= 0.3 is 6.09 Å². The van der Waals surface area contributed by atoms with Crippen molar-refractivity contribution in [2.24, 2.45) is 10.2 Å². The van der Waals surface area contributed by atoms with Crippen molar-refractivity contribution in [3.63, 3.8) is 0 Å². The smallest absolute Gasteiger partial charge is 0.419 e. The Morgan fingerprint density at radius 2 is 2.19 bits per heavy atom. The molecule has 1 aliphatic heterocycles. The monoisotopic (exact) mass is 436 g/mol. The maximum Gasteiger partial charge on any atom is 0.419 e. The second-order valence-corrected chi connectivity index (χ2v) is 8.37. The lowest BCUT2D eigenvalue weighted by atomic mass is 10.1. The van der Waals surface area contributed by atoms with Crippen molar-refractivity contribution >= 4 is 62.0 Å². The van der Waals surface area contributed by atoms with E-state index in [1.807, 2.05) is 39.0 Å². The van der Waals surface area contributed by atoms with E-state index in [-0.39, 0.29) is 5.91 Å². The average molecular weight is 437 g/mol. The van der Waals surface area contributed by atoms with Crippen LogP contribution >= 0.6 is 27.7 Å². The number of aromatic nitrogens is 1. The molecule has 1 amide bonds. The van der Waals surface area contributed by atoms with Crippen molar-refractivity contribution < 1.29 is 14.3 Å². The van der Waals surface area contributed by atoms with Crippen LogP contribution < -0.4 is 5.32 Å². The lowest BCUT2D eigenvalue weighted by molar-refractivity contribution is -0.116. The van der Waals surface area contributed by atoms with Crippen molar-refractivity contribution in [1.82, 2.24) is 9.88 Å². The van der Waals surface area contributed by atoms with Crippen molar-refractivity contribution in [2.75, 3.05) is 5.75 Å². The van der Waals surface area contributed by atoms with Crippen LogP contribution in [0.3, 0.4) is 0 Å². The van der Waals surface area contributed by atoms with Gasteiger partial charge in [-0.05, 0) is 42.8 Å². The topological polar surface area (TPSA) is 85.1 Å². The SMILES string of the molecule is CC(C)(C)OC(=O)n1cc(Br)c2c(C=NN=C3NC(=O)CS3)cccc21. The van der Waals surface area contributed by atoms with E-state index in [0.29, 0.717) is 16.4 Å². The van der Waals surface area contributed by atoms with Crippen molar-refractivity contribution in [3.8, 4) is 0 Å². The molecule has 2 aromatic rings. The Balaban J connectivity index is 1.93. The maximum absolute atomic E-state index is 12.4. The zero-order valence-electron chi connectivity index (χ0n) is 14.4. The molecule has 3 rings (SSSR count). The Hall–Kier alpha value is -2.13. The molecule has 1 aromatic heterocycles. The molecule has 26 heavy (non-hydrogen) atoms. The molecule has 136 valence electrons. The van der Waals surface area contributed by atoms with Crippen molar-refractivity contribution in [2.45, 2.75) is 26.4 Å². The molecule has 1 N–H and O–H groups in total. The van der Waals surface area contributed by atoms with Crippen molar-refractivity contribution in [1.29, 1.82) is 0 Å². The van der Waals surface area contributed by atoms with Gasteiger partial charge in [0.25, 0.3) is 0 Å². The Labute approximate surface area is 163 Å². The first-order chi connectivity index (χ1) is 12.2. The highest BCUT2D eigenvalue weighted by molar-refractivity contribution is 9.10.